The lowest BCUT2D eigenvalue weighted by Crippen LogP contribution is -2.28. The highest BCUT2D eigenvalue weighted by atomic mass is 32.1. The van der Waals surface area contributed by atoms with E-state index in [0.717, 1.165) is 19.3 Å². The molecular formula is C14H23N3OS. The standard InChI is InChI=1S/C14H23N3OS/c1-14(2,3)11-8-16-13(19-11)17-12(18)7-9-5-4-6-10(9)15/h8-10H,4-7,15H2,1-3H3,(H,16,17,18)/t9-,10+/m0/s1. The van der Waals surface area contributed by atoms with Crippen LogP contribution in [-0.4, -0.2) is 16.9 Å². The summed E-state index contributed by atoms with van der Waals surface area (Å²) in [7, 11) is 0. The minimum absolute atomic E-state index is 0.0390. The first-order valence-electron chi connectivity index (χ1n) is 6.88. The molecule has 4 nitrogen and oxygen atoms in total. The number of carbonyl (C=O) groups excluding carboxylic acids is 1. The Kier molecular flexibility index (Phi) is 4.26. The van der Waals surface area contributed by atoms with Crippen LogP contribution >= 0.6 is 11.3 Å². The van der Waals surface area contributed by atoms with Crippen molar-refractivity contribution in [3.05, 3.63) is 11.1 Å². The first-order valence-corrected chi connectivity index (χ1v) is 7.69. The van der Waals surface area contributed by atoms with Gasteiger partial charge in [-0.15, -0.1) is 11.3 Å². The Morgan fingerprint density at radius 2 is 2.26 bits per heavy atom. The van der Waals surface area contributed by atoms with Crippen LogP contribution in [0.25, 0.3) is 0 Å². The van der Waals surface area contributed by atoms with E-state index in [2.05, 4.69) is 31.1 Å². The Labute approximate surface area is 118 Å². The molecule has 1 fully saturated rings. The fraction of sp³-hybridized carbons (Fsp3) is 0.714. The van der Waals surface area contributed by atoms with E-state index in [1.54, 1.807) is 11.3 Å². The lowest BCUT2D eigenvalue weighted by molar-refractivity contribution is -0.117. The van der Waals surface area contributed by atoms with E-state index in [-0.39, 0.29) is 17.4 Å². The van der Waals surface area contributed by atoms with Crippen molar-refractivity contribution in [2.24, 2.45) is 11.7 Å². The Morgan fingerprint density at radius 3 is 2.79 bits per heavy atom. The van der Waals surface area contributed by atoms with Gasteiger partial charge in [0, 0.05) is 23.5 Å². The van der Waals surface area contributed by atoms with Gasteiger partial charge >= 0.3 is 0 Å². The van der Waals surface area contributed by atoms with Crippen LogP contribution in [0.3, 0.4) is 0 Å². The summed E-state index contributed by atoms with van der Waals surface area (Å²) in [5.74, 6) is 0.374. The van der Waals surface area contributed by atoms with Crippen molar-refractivity contribution in [3.8, 4) is 0 Å². The van der Waals surface area contributed by atoms with E-state index in [1.807, 2.05) is 6.20 Å². The largest absolute Gasteiger partial charge is 0.327 e. The molecule has 3 N–H and O–H groups in total. The summed E-state index contributed by atoms with van der Waals surface area (Å²) in [5, 5.41) is 3.59. The maximum atomic E-state index is 12.0. The molecule has 0 bridgehead atoms. The Balaban J connectivity index is 1.90. The van der Waals surface area contributed by atoms with Crippen LogP contribution < -0.4 is 11.1 Å². The highest BCUT2D eigenvalue weighted by Crippen LogP contribution is 2.31. The number of nitrogens with two attached hydrogens (primary N) is 1. The monoisotopic (exact) mass is 281 g/mol. The normalized spacial score (nSPS) is 23.6. The van der Waals surface area contributed by atoms with E-state index < -0.39 is 0 Å². The molecule has 0 unspecified atom stereocenters. The van der Waals surface area contributed by atoms with Gasteiger partial charge in [0.15, 0.2) is 5.13 Å². The highest BCUT2D eigenvalue weighted by Gasteiger charge is 2.26. The van der Waals surface area contributed by atoms with E-state index in [9.17, 15) is 4.79 Å². The number of aromatic nitrogens is 1. The zero-order valence-electron chi connectivity index (χ0n) is 11.9. The molecule has 1 aliphatic carbocycles. The number of carbonyl (C=O) groups is 1. The van der Waals surface area contributed by atoms with E-state index in [4.69, 9.17) is 5.73 Å². The number of thiazole rings is 1. The summed E-state index contributed by atoms with van der Waals surface area (Å²) in [6.07, 6.45) is 5.63. The minimum Gasteiger partial charge on any atom is -0.327 e. The summed E-state index contributed by atoms with van der Waals surface area (Å²) < 4.78 is 0. The number of amides is 1. The van der Waals surface area contributed by atoms with E-state index >= 15 is 0 Å². The van der Waals surface area contributed by atoms with Crippen LogP contribution in [0.4, 0.5) is 5.13 Å². The second-order valence-electron chi connectivity index (χ2n) is 6.39. The highest BCUT2D eigenvalue weighted by molar-refractivity contribution is 7.15. The SMILES string of the molecule is CC(C)(C)c1cnc(NC(=O)C[C@@H]2CCC[C@H]2N)s1. The van der Waals surface area contributed by atoms with Crippen molar-refractivity contribution in [3.63, 3.8) is 0 Å². The fourth-order valence-corrected chi connectivity index (χ4v) is 3.30. The number of anilines is 1. The molecule has 19 heavy (non-hydrogen) atoms. The molecule has 1 amide bonds. The molecule has 5 heteroatoms. The zero-order valence-corrected chi connectivity index (χ0v) is 12.7. The molecule has 0 aromatic carbocycles. The molecular weight excluding hydrogens is 258 g/mol. The van der Waals surface area contributed by atoms with Crippen molar-refractivity contribution in [2.75, 3.05) is 5.32 Å². The predicted octanol–water partition coefficient (Wildman–Crippen LogP) is 2.90. The van der Waals surface area contributed by atoms with E-state index in [1.165, 1.54) is 4.88 Å². The maximum Gasteiger partial charge on any atom is 0.226 e. The molecule has 1 heterocycles. The van der Waals surface area contributed by atoms with Gasteiger partial charge in [0.25, 0.3) is 0 Å². The number of nitrogens with zero attached hydrogens (tertiary/aromatic N) is 1. The van der Waals surface area contributed by atoms with Crippen molar-refractivity contribution in [2.45, 2.75) is 57.9 Å². The van der Waals surface area contributed by atoms with Gasteiger partial charge < -0.3 is 11.1 Å². The topological polar surface area (TPSA) is 68.0 Å². The van der Waals surface area contributed by atoms with Gasteiger partial charge in [-0.2, -0.15) is 0 Å². The Hall–Kier alpha value is -0.940. The summed E-state index contributed by atoms with van der Waals surface area (Å²) in [6, 6.07) is 0.187. The van der Waals surface area contributed by atoms with Gasteiger partial charge in [-0.05, 0) is 24.2 Å². The third kappa shape index (κ3) is 3.76. The second-order valence-corrected chi connectivity index (χ2v) is 7.42. The third-order valence-electron chi connectivity index (χ3n) is 3.66. The van der Waals surface area contributed by atoms with Gasteiger partial charge in [0.1, 0.15) is 0 Å². The molecule has 0 aliphatic heterocycles. The minimum atomic E-state index is 0.0390. The number of hydrogen-bond donors (Lipinski definition) is 2. The summed E-state index contributed by atoms with van der Waals surface area (Å²) in [5.41, 5.74) is 6.07. The maximum absolute atomic E-state index is 12.0. The molecule has 1 aromatic heterocycles. The summed E-state index contributed by atoms with van der Waals surface area (Å²) in [4.78, 5) is 17.4. The van der Waals surface area contributed by atoms with Crippen molar-refractivity contribution < 1.29 is 4.79 Å². The molecule has 0 saturated heterocycles. The summed E-state index contributed by atoms with van der Waals surface area (Å²) >= 11 is 1.55. The molecule has 0 spiro atoms. The zero-order chi connectivity index (χ0) is 14.0. The lowest BCUT2D eigenvalue weighted by Gasteiger charge is -2.15. The van der Waals surface area contributed by atoms with Gasteiger partial charge in [-0.1, -0.05) is 27.2 Å². The average molecular weight is 281 g/mol. The number of rotatable bonds is 3. The van der Waals surface area contributed by atoms with Gasteiger partial charge in [-0.25, -0.2) is 4.98 Å². The predicted molar refractivity (Wildman–Crippen MR) is 79.4 cm³/mol. The number of hydrogen-bond acceptors (Lipinski definition) is 4. The molecule has 1 aliphatic rings. The lowest BCUT2D eigenvalue weighted by atomic mass is 9.96. The molecule has 2 rings (SSSR count). The molecule has 0 radical (unpaired) electrons. The average Bonchev–Trinajstić information content (AvgIpc) is 2.88. The van der Waals surface area contributed by atoms with Crippen LogP contribution in [0.5, 0.6) is 0 Å². The number of nitrogens with one attached hydrogen (secondary N) is 1. The first kappa shape index (κ1) is 14.5. The van der Waals surface area contributed by atoms with Crippen LogP contribution in [0, 0.1) is 5.92 Å². The van der Waals surface area contributed by atoms with Gasteiger partial charge in [-0.3, -0.25) is 4.79 Å². The molecule has 1 saturated carbocycles. The van der Waals surface area contributed by atoms with Crippen molar-refractivity contribution >= 4 is 22.4 Å². The Bertz CT molecular complexity index is 450. The van der Waals surface area contributed by atoms with Crippen LogP contribution in [0.15, 0.2) is 6.20 Å². The second kappa shape index (κ2) is 5.59. The van der Waals surface area contributed by atoms with Gasteiger partial charge in [0.2, 0.25) is 5.91 Å². The first-order chi connectivity index (χ1) is 8.86. The van der Waals surface area contributed by atoms with Gasteiger partial charge in [0.05, 0.1) is 0 Å². The Morgan fingerprint density at radius 1 is 1.53 bits per heavy atom. The van der Waals surface area contributed by atoms with E-state index in [0.29, 0.717) is 17.5 Å². The molecule has 106 valence electrons. The quantitative estimate of drug-likeness (QED) is 0.895. The van der Waals surface area contributed by atoms with Crippen molar-refractivity contribution in [1.29, 1.82) is 0 Å². The molecule has 2 atom stereocenters. The fourth-order valence-electron chi connectivity index (χ4n) is 2.41. The third-order valence-corrected chi connectivity index (χ3v) is 5.00. The van der Waals surface area contributed by atoms with Crippen LogP contribution in [0.2, 0.25) is 0 Å². The van der Waals surface area contributed by atoms with Crippen LogP contribution in [0.1, 0.15) is 51.3 Å². The summed E-state index contributed by atoms with van der Waals surface area (Å²) in [6.45, 7) is 6.43. The van der Waals surface area contributed by atoms with Crippen molar-refractivity contribution in [1.82, 2.24) is 4.98 Å². The molecule has 1 aromatic rings. The van der Waals surface area contributed by atoms with Crippen LogP contribution in [-0.2, 0) is 10.2 Å². The smallest absolute Gasteiger partial charge is 0.226 e.